The van der Waals surface area contributed by atoms with E-state index in [1.807, 2.05) is 25.1 Å². The van der Waals surface area contributed by atoms with Gasteiger partial charge < -0.3 is 15.4 Å². The summed E-state index contributed by atoms with van der Waals surface area (Å²) in [6.07, 6.45) is 2.54. The average Bonchev–Trinajstić information content (AvgIpc) is 3.21. The minimum Gasteiger partial charge on any atom is -0.484 e. The van der Waals surface area contributed by atoms with Gasteiger partial charge in [0.1, 0.15) is 5.75 Å². The number of ether oxygens (including phenoxy) is 1. The van der Waals surface area contributed by atoms with Gasteiger partial charge in [-0.1, -0.05) is 15.9 Å². The Labute approximate surface area is 122 Å². The molecule has 104 valence electrons. The third kappa shape index (κ3) is 4.84. The van der Waals surface area contributed by atoms with E-state index in [0.717, 1.165) is 22.3 Å². The quantitative estimate of drug-likeness (QED) is 0.807. The number of hydrogen-bond donors (Lipinski definition) is 2. The molecule has 0 radical (unpaired) electrons. The van der Waals surface area contributed by atoms with E-state index in [-0.39, 0.29) is 12.5 Å². The molecule has 19 heavy (non-hydrogen) atoms. The lowest BCUT2D eigenvalue weighted by Crippen LogP contribution is -2.28. The highest BCUT2D eigenvalue weighted by Crippen LogP contribution is 2.25. The number of halogens is 1. The highest BCUT2D eigenvalue weighted by Gasteiger charge is 2.20. The number of amides is 1. The summed E-state index contributed by atoms with van der Waals surface area (Å²) in [6.45, 7) is 3.40. The summed E-state index contributed by atoms with van der Waals surface area (Å²) in [4.78, 5) is 11.3. The summed E-state index contributed by atoms with van der Waals surface area (Å²) in [5, 5.41) is 6.17. The molecule has 0 aliphatic heterocycles. The molecule has 0 spiro atoms. The summed E-state index contributed by atoms with van der Waals surface area (Å²) in [6, 6.07) is 6.46. The normalized spacial score (nSPS) is 14.2. The molecular formula is C14H19BrN2O2. The summed E-state index contributed by atoms with van der Waals surface area (Å²) in [7, 11) is 0. The first-order valence-electron chi connectivity index (χ1n) is 6.60. The van der Waals surface area contributed by atoms with Gasteiger partial charge in [-0.2, -0.15) is 0 Å². The van der Waals surface area contributed by atoms with Gasteiger partial charge in [0.2, 0.25) is 0 Å². The van der Waals surface area contributed by atoms with Crippen LogP contribution in [0.1, 0.15) is 25.3 Å². The van der Waals surface area contributed by atoms with Crippen LogP contribution in [0.3, 0.4) is 0 Å². The fraction of sp³-hybridized carbons (Fsp3) is 0.500. The SMILES string of the molecule is CCNC(=O)COc1ccc(Br)c(CNC2CC2)c1. The highest BCUT2D eigenvalue weighted by molar-refractivity contribution is 9.10. The van der Waals surface area contributed by atoms with Crippen LogP contribution in [0.15, 0.2) is 22.7 Å². The third-order valence-corrected chi connectivity index (χ3v) is 3.69. The molecule has 0 saturated heterocycles. The second-order valence-corrected chi connectivity index (χ2v) is 5.50. The van der Waals surface area contributed by atoms with Crippen molar-refractivity contribution in [2.45, 2.75) is 32.4 Å². The Morgan fingerprint density at radius 3 is 2.95 bits per heavy atom. The Balaban J connectivity index is 1.89. The second kappa shape index (κ2) is 6.91. The lowest BCUT2D eigenvalue weighted by molar-refractivity contribution is -0.122. The fourth-order valence-electron chi connectivity index (χ4n) is 1.72. The van der Waals surface area contributed by atoms with Gasteiger partial charge in [0.25, 0.3) is 5.91 Å². The van der Waals surface area contributed by atoms with Crippen molar-refractivity contribution < 1.29 is 9.53 Å². The molecule has 1 aliphatic carbocycles. The van der Waals surface area contributed by atoms with Crippen LogP contribution in [-0.4, -0.2) is 25.1 Å². The van der Waals surface area contributed by atoms with Gasteiger partial charge in [-0.3, -0.25) is 4.79 Å². The van der Waals surface area contributed by atoms with Crippen molar-refractivity contribution in [3.05, 3.63) is 28.2 Å². The van der Waals surface area contributed by atoms with Gasteiger partial charge in [-0.05, 0) is 43.5 Å². The van der Waals surface area contributed by atoms with E-state index >= 15 is 0 Å². The molecule has 0 bridgehead atoms. The zero-order valence-electron chi connectivity index (χ0n) is 11.0. The van der Waals surface area contributed by atoms with Crippen LogP contribution in [0.2, 0.25) is 0 Å². The predicted octanol–water partition coefficient (Wildman–Crippen LogP) is 2.22. The van der Waals surface area contributed by atoms with Crippen molar-refractivity contribution in [1.82, 2.24) is 10.6 Å². The van der Waals surface area contributed by atoms with E-state index < -0.39 is 0 Å². The summed E-state index contributed by atoms with van der Waals surface area (Å²) in [5.41, 5.74) is 1.15. The molecule has 0 atom stereocenters. The number of carbonyl (C=O) groups is 1. The average molecular weight is 327 g/mol. The monoisotopic (exact) mass is 326 g/mol. The second-order valence-electron chi connectivity index (χ2n) is 4.65. The number of hydrogen-bond acceptors (Lipinski definition) is 3. The molecule has 1 fully saturated rings. The summed E-state index contributed by atoms with van der Waals surface area (Å²) in [5.74, 6) is 0.630. The van der Waals surface area contributed by atoms with E-state index in [4.69, 9.17) is 4.74 Å². The van der Waals surface area contributed by atoms with Gasteiger partial charge >= 0.3 is 0 Å². The Morgan fingerprint density at radius 1 is 1.47 bits per heavy atom. The molecule has 5 heteroatoms. The largest absolute Gasteiger partial charge is 0.484 e. The Bertz CT molecular complexity index is 447. The van der Waals surface area contributed by atoms with Crippen molar-refractivity contribution in [2.24, 2.45) is 0 Å². The van der Waals surface area contributed by atoms with E-state index in [1.54, 1.807) is 0 Å². The van der Waals surface area contributed by atoms with Gasteiger partial charge in [0.05, 0.1) is 0 Å². The van der Waals surface area contributed by atoms with Crippen LogP contribution in [0.5, 0.6) is 5.75 Å². The molecule has 1 saturated carbocycles. The van der Waals surface area contributed by atoms with Crippen LogP contribution in [0.25, 0.3) is 0 Å². The molecule has 2 N–H and O–H groups in total. The summed E-state index contributed by atoms with van der Waals surface area (Å²) >= 11 is 3.53. The first-order chi connectivity index (χ1) is 9.19. The minimum absolute atomic E-state index is 0.0605. The number of nitrogens with one attached hydrogen (secondary N) is 2. The molecule has 1 aromatic carbocycles. The van der Waals surface area contributed by atoms with Crippen LogP contribution >= 0.6 is 15.9 Å². The molecule has 2 rings (SSSR count). The number of likely N-dealkylation sites (N-methyl/N-ethyl adjacent to an activating group) is 1. The van der Waals surface area contributed by atoms with Gasteiger partial charge in [0.15, 0.2) is 6.61 Å². The molecule has 0 unspecified atom stereocenters. The maximum absolute atomic E-state index is 11.3. The molecule has 0 aromatic heterocycles. The standard InChI is InChI=1S/C14H19BrN2O2/c1-2-16-14(18)9-19-12-5-6-13(15)10(7-12)8-17-11-3-4-11/h5-7,11,17H,2-4,8-9H2,1H3,(H,16,18). The summed E-state index contributed by atoms with van der Waals surface area (Å²) < 4.78 is 6.54. The van der Waals surface area contributed by atoms with Gasteiger partial charge in [0, 0.05) is 23.6 Å². The molecular weight excluding hydrogens is 308 g/mol. The van der Waals surface area contributed by atoms with Crippen LogP contribution in [0.4, 0.5) is 0 Å². The van der Waals surface area contributed by atoms with E-state index in [2.05, 4.69) is 26.6 Å². The minimum atomic E-state index is -0.0944. The fourth-order valence-corrected chi connectivity index (χ4v) is 2.10. The van der Waals surface area contributed by atoms with Crippen molar-refractivity contribution in [1.29, 1.82) is 0 Å². The van der Waals surface area contributed by atoms with Crippen molar-refractivity contribution >= 4 is 21.8 Å². The number of carbonyl (C=O) groups excluding carboxylic acids is 1. The highest BCUT2D eigenvalue weighted by atomic mass is 79.9. The molecule has 1 aromatic rings. The van der Waals surface area contributed by atoms with Crippen molar-refractivity contribution in [3.63, 3.8) is 0 Å². The zero-order valence-corrected chi connectivity index (χ0v) is 12.6. The van der Waals surface area contributed by atoms with Crippen molar-refractivity contribution in [2.75, 3.05) is 13.2 Å². The lowest BCUT2D eigenvalue weighted by atomic mass is 10.2. The van der Waals surface area contributed by atoms with Gasteiger partial charge in [-0.15, -0.1) is 0 Å². The first-order valence-corrected chi connectivity index (χ1v) is 7.39. The predicted molar refractivity (Wildman–Crippen MR) is 78.2 cm³/mol. The van der Waals surface area contributed by atoms with Crippen LogP contribution in [-0.2, 0) is 11.3 Å². The van der Waals surface area contributed by atoms with Gasteiger partial charge in [-0.25, -0.2) is 0 Å². The zero-order chi connectivity index (χ0) is 13.7. The van der Waals surface area contributed by atoms with E-state index in [1.165, 1.54) is 12.8 Å². The molecule has 1 aliphatic rings. The number of rotatable bonds is 7. The van der Waals surface area contributed by atoms with Crippen molar-refractivity contribution in [3.8, 4) is 5.75 Å². The smallest absolute Gasteiger partial charge is 0.257 e. The maximum atomic E-state index is 11.3. The topological polar surface area (TPSA) is 50.4 Å². The molecule has 1 amide bonds. The van der Waals surface area contributed by atoms with Crippen LogP contribution < -0.4 is 15.4 Å². The Kier molecular flexibility index (Phi) is 5.22. The Morgan fingerprint density at radius 2 is 2.26 bits per heavy atom. The number of benzene rings is 1. The first kappa shape index (κ1) is 14.3. The van der Waals surface area contributed by atoms with E-state index in [0.29, 0.717) is 12.6 Å². The van der Waals surface area contributed by atoms with E-state index in [9.17, 15) is 4.79 Å². The van der Waals surface area contributed by atoms with Crippen LogP contribution in [0, 0.1) is 0 Å². The molecule has 4 nitrogen and oxygen atoms in total. The third-order valence-electron chi connectivity index (χ3n) is 2.92. The lowest BCUT2D eigenvalue weighted by Gasteiger charge is -2.10. The maximum Gasteiger partial charge on any atom is 0.257 e. The molecule has 0 heterocycles. The Hall–Kier alpha value is -1.07.